The summed E-state index contributed by atoms with van der Waals surface area (Å²) >= 11 is 0. The number of primary amides is 1. The Bertz CT molecular complexity index is 520. The highest BCUT2D eigenvalue weighted by Crippen LogP contribution is 2.23. The second kappa shape index (κ2) is 9.93. The minimum atomic E-state index is -0.840. The van der Waals surface area contributed by atoms with Gasteiger partial charge in [0.05, 0.1) is 0 Å². The van der Waals surface area contributed by atoms with Gasteiger partial charge in [0, 0.05) is 12.3 Å². The van der Waals surface area contributed by atoms with Crippen LogP contribution < -0.4 is 15.8 Å². The van der Waals surface area contributed by atoms with Gasteiger partial charge in [-0.2, -0.15) is 0 Å². The molecule has 1 rings (SSSR count). The van der Waals surface area contributed by atoms with Gasteiger partial charge in [0.25, 0.3) is 11.8 Å². The summed E-state index contributed by atoms with van der Waals surface area (Å²) in [5.74, 6) is -0.176. The van der Waals surface area contributed by atoms with E-state index in [0.29, 0.717) is 24.5 Å². The summed E-state index contributed by atoms with van der Waals surface area (Å²) < 4.78 is 11.0. The largest absolute Gasteiger partial charge is 0.484 e. The van der Waals surface area contributed by atoms with Crippen LogP contribution in [-0.4, -0.2) is 30.6 Å². The summed E-state index contributed by atoms with van der Waals surface area (Å²) in [6.07, 6.45) is 3.47. The predicted octanol–water partition coefficient (Wildman–Crippen LogP) is 2.86. The molecule has 0 aliphatic heterocycles. The van der Waals surface area contributed by atoms with Gasteiger partial charge in [-0.25, -0.2) is 0 Å². The third kappa shape index (κ3) is 6.58. The van der Waals surface area contributed by atoms with Crippen molar-refractivity contribution < 1.29 is 19.1 Å². The average molecular weight is 336 g/mol. The molecular weight excluding hydrogens is 308 g/mol. The van der Waals surface area contributed by atoms with Gasteiger partial charge in [0.2, 0.25) is 0 Å². The van der Waals surface area contributed by atoms with Gasteiger partial charge in [-0.15, -0.1) is 0 Å². The van der Waals surface area contributed by atoms with Gasteiger partial charge in [-0.3, -0.25) is 9.59 Å². The number of ether oxygens (including phenoxy) is 2. The number of hydrogen-bond acceptors (Lipinski definition) is 4. The van der Waals surface area contributed by atoms with Gasteiger partial charge in [0.15, 0.2) is 6.61 Å². The van der Waals surface area contributed by atoms with Crippen LogP contribution in [0.5, 0.6) is 5.75 Å². The molecule has 0 saturated carbocycles. The molecule has 1 aromatic carbocycles. The molecule has 6 nitrogen and oxygen atoms in total. The zero-order chi connectivity index (χ0) is 18.0. The normalized spacial score (nSPS) is 13.1. The van der Waals surface area contributed by atoms with E-state index in [0.717, 1.165) is 19.3 Å². The minimum absolute atomic E-state index is 0.157. The molecule has 0 aliphatic rings. The van der Waals surface area contributed by atoms with Crippen LogP contribution in [0.3, 0.4) is 0 Å². The van der Waals surface area contributed by atoms with Crippen molar-refractivity contribution >= 4 is 17.5 Å². The molecule has 0 spiro atoms. The maximum absolute atomic E-state index is 12.6. The summed E-state index contributed by atoms with van der Waals surface area (Å²) in [6.45, 7) is 6.31. The highest BCUT2D eigenvalue weighted by molar-refractivity contribution is 5.97. The molecule has 24 heavy (non-hydrogen) atoms. The third-order valence-corrected chi connectivity index (χ3v) is 3.61. The lowest BCUT2D eigenvalue weighted by atomic mass is 9.97. The van der Waals surface area contributed by atoms with Crippen LogP contribution in [0.2, 0.25) is 0 Å². The topological polar surface area (TPSA) is 90.7 Å². The number of carbonyl (C=O) groups is 2. The van der Waals surface area contributed by atoms with Gasteiger partial charge < -0.3 is 20.5 Å². The van der Waals surface area contributed by atoms with Crippen LogP contribution in [-0.2, 0) is 14.3 Å². The first-order chi connectivity index (χ1) is 11.4. The summed E-state index contributed by atoms with van der Waals surface area (Å²) in [5, 5.41) is 2.88. The van der Waals surface area contributed by atoms with E-state index in [-0.39, 0.29) is 12.5 Å². The van der Waals surface area contributed by atoms with Crippen molar-refractivity contribution in [2.24, 2.45) is 5.73 Å². The fourth-order valence-corrected chi connectivity index (χ4v) is 2.14. The molecule has 0 unspecified atom stereocenters. The number of nitrogens with one attached hydrogen (secondary N) is 1. The zero-order valence-corrected chi connectivity index (χ0v) is 14.8. The maximum atomic E-state index is 12.6. The first kappa shape index (κ1) is 20.0. The molecule has 0 bridgehead atoms. The number of hydrogen-bond donors (Lipinski definition) is 2. The lowest BCUT2D eigenvalue weighted by molar-refractivity contribution is -0.140. The molecule has 1 atom stereocenters. The van der Waals surface area contributed by atoms with E-state index < -0.39 is 11.5 Å². The van der Waals surface area contributed by atoms with Crippen molar-refractivity contribution in [3.8, 4) is 5.75 Å². The lowest BCUT2D eigenvalue weighted by Gasteiger charge is -2.28. The smallest absolute Gasteiger partial charge is 0.256 e. The van der Waals surface area contributed by atoms with Crippen molar-refractivity contribution in [3.63, 3.8) is 0 Å². The van der Waals surface area contributed by atoms with Crippen LogP contribution in [0.4, 0.5) is 5.69 Å². The molecule has 6 heteroatoms. The monoisotopic (exact) mass is 336 g/mol. The van der Waals surface area contributed by atoms with Crippen LogP contribution in [0.1, 0.15) is 46.5 Å². The number of benzene rings is 1. The van der Waals surface area contributed by atoms with Crippen molar-refractivity contribution in [3.05, 3.63) is 24.3 Å². The van der Waals surface area contributed by atoms with E-state index in [9.17, 15) is 9.59 Å². The Morgan fingerprint density at radius 3 is 2.38 bits per heavy atom. The van der Waals surface area contributed by atoms with E-state index in [1.54, 1.807) is 24.3 Å². The van der Waals surface area contributed by atoms with Crippen LogP contribution in [0, 0.1) is 0 Å². The van der Waals surface area contributed by atoms with E-state index in [2.05, 4.69) is 12.2 Å². The maximum Gasteiger partial charge on any atom is 0.256 e. The van der Waals surface area contributed by atoms with E-state index in [1.165, 1.54) is 0 Å². The molecule has 0 fully saturated rings. The van der Waals surface area contributed by atoms with Crippen molar-refractivity contribution in [1.29, 1.82) is 0 Å². The molecule has 3 N–H and O–H groups in total. The number of carbonyl (C=O) groups excluding carboxylic acids is 2. The molecule has 0 saturated heterocycles. The Kier molecular flexibility index (Phi) is 8.26. The Morgan fingerprint density at radius 2 is 1.83 bits per heavy atom. The molecule has 134 valence electrons. The summed E-state index contributed by atoms with van der Waals surface area (Å²) in [5.41, 5.74) is 4.84. The van der Waals surface area contributed by atoms with Crippen molar-refractivity contribution in [1.82, 2.24) is 0 Å². The number of nitrogens with two attached hydrogens (primary N) is 1. The summed E-state index contributed by atoms with van der Waals surface area (Å²) in [7, 11) is 0. The zero-order valence-electron chi connectivity index (χ0n) is 14.8. The lowest BCUT2D eigenvalue weighted by Crippen LogP contribution is -2.43. The standard InChI is InChI=1S/C18H28N2O4/c1-4-6-11-18(3,24-12-5-2)17(22)20-14-7-9-15(10-8-14)23-13-16(19)21/h7-10H,4-6,11-13H2,1-3H3,(H2,19,21)(H,20,22)/t18-/m0/s1. The van der Waals surface area contributed by atoms with Gasteiger partial charge in [-0.1, -0.05) is 26.7 Å². The van der Waals surface area contributed by atoms with Crippen LogP contribution in [0.25, 0.3) is 0 Å². The van der Waals surface area contributed by atoms with Crippen LogP contribution >= 0.6 is 0 Å². The molecular formula is C18H28N2O4. The van der Waals surface area contributed by atoms with Crippen molar-refractivity contribution in [2.45, 2.75) is 52.1 Å². The highest BCUT2D eigenvalue weighted by Gasteiger charge is 2.33. The fourth-order valence-electron chi connectivity index (χ4n) is 2.14. The van der Waals surface area contributed by atoms with E-state index in [4.69, 9.17) is 15.2 Å². The molecule has 1 aromatic rings. The number of rotatable bonds is 11. The number of unbranched alkanes of at least 4 members (excludes halogenated alkanes) is 1. The number of amides is 2. The fraction of sp³-hybridized carbons (Fsp3) is 0.556. The van der Waals surface area contributed by atoms with Crippen molar-refractivity contribution in [2.75, 3.05) is 18.5 Å². The minimum Gasteiger partial charge on any atom is -0.484 e. The number of anilines is 1. The van der Waals surface area contributed by atoms with E-state index in [1.807, 2.05) is 13.8 Å². The summed E-state index contributed by atoms with van der Waals surface area (Å²) in [4.78, 5) is 23.3. The average Bonchev–Trinajstić information content (AvgIpc) is 2.57. The Hall–Kier alpha value is -2.08. The molecule has 0 aliphatic carbocycles. The Labute approximate surface area is 143 Å². The molecule has 2 amide bonds. The molecule has 0 radical (unpaired) electrons. The highest BCUT2D eigenvalue weighted by atomic mass is 16.5. The van der Waals surface area contributed by atoms with E-state index >= 15 is 0 Å². The van der Waals surface area contributed by atoms with Gasteiger partial charge in [0.1, 0.15) is 11.4 Å². The second-order valence-corrected chi connectivity index (χ2v) is 5.92. The molecule has 0 heterocycles. The molecule has 0 aromatic heterocycles. The summed E-state index contributed by atoms with van der Waals surface area (Å²) in [6, 6.07) is 6.78. The predicted molar refractivity (Wildman–Crippen MR) is 93.9 cm³/mol. The third-order valence-electron chi connectivity index (χ3n) is 3.61. The Morgan fingerprint density at radius 1 is 1.17 bits per heavy atom. The van der Waals surface area contributed by atoms with Crippen LogP contribution in [0.15, 0.2) is 24.3 Å². The van der Waals surface area contributed by atoms with Gasteiger partial charge >= 0.3 is 0 Å². The van der Waals surface area contributed by atoms with Gasteiger partial charge in [-0.05, 0) is 44.0 Å². The first-order valence-electron chi connectivity index (χ1n) is 8.38. The SMILES string of the molecule is CCCC[C@](C)(OCCC)C(=O)Nc1ccc(OCC(N)=O)cc1. The second-order valence-electron chi connectivity index (χ2n) is 5.92. The quantitative estimate of drug-likeness (QED) is 0.650. The Balaban J connectivity index is 2.70. The first-order valence-corrected chi connectivity index (χ1v) is 8.38.